The first-order valence-corrected chi connectivity index (χ1v) is 7.96. The molecule has 24 heavy (non-hydrogen) atoms. The van der Waals surface area contributed by atoms with E-state index in [1.54, 1.807) is 12.1 Å². The molecule has 0 aliphatic rings. The number of amides is 2. The smallest absolute Gasteiger partial charge is 0.269 e. The van der Waals surface area contributed by atoms with E-state index >= 15 is 0 Å². The lowest BCUT2D eigenvalue weighted by Gasteiger charge is -2.09. The quantitative estimate of drug-likeness (QED) is 0.802. The zero-order valence-electron chi connectivity index (χ0n) is 14.0. The summed E-state index contributed by atoms with van der Waals surface area (Å²) in [7, 11) is 0. The van der Waals surface area contributed by atoms with Crippen molar-refractivity contribution in [1.82, 2.24) is 10.9 Å². The van der Waals surface area contributed by atoms with Crippen LogP contribution >= 0.6 is 0 Å². The molecule has 0 aliphatic carbocycles. The summed E-state index contributed by atoms with van der Waals surface area (Å²) in [4.78, 5) is 23.6. The molecule has 5 nitrogen and oxygen atoms in total. The molecule has 0 spiro atoms. The summed E-state index contributed by atoms with van der Waals surface area (Å²) in [5.74, 6) is 0.0690. The number of carbonyl (C=O) groups is 2. The van der Waals surface area contributed by atoms with Gasteiger partial charge in [-0.25, -0.2) is 0 Å². The van der Waals surface area contributed by atoms with Crippen LogP contribution in [0.3, 0.4) is 0 Å². The van der Waals surface area contributed by atoms with Gasteiger partial charge < -0.3 is 4.74 Å². The third-order valence-electron chi connectivity index (χ3n) is 3.56. The second-order valence-corrected chi connectivity index (χ2v) is 5.46. The lowest BCUT2D eigenvalue weighted by Crippen LogP contribution is -2.42. The van der Waals surface area contributed by atoms with Gasteiger partial charge in [0.25, 0.3) is 5.91 Å². The zero-order chi connectivity index (χ0) is 17.4. The van der Waals surface area contributed by atoms with Crippen LogP contribution in [-0.2, 0) is 11.2 Å². The maximum absolute atomic E-state index is 11.9. The maximum Gasteiger partial charge on any atom is 0.269 e. The molecule has 0 aromatic heterocycles. The number of carbonyl (C=O) groups excluding carboxylic acids is 2. The minimum absolute atomic E-state index is 0.156. The van der Waals surface area contributed by atoms with Crippen LogP contribution in [0.4, 0.5) is 0 Å². The molecule has 2 rings (SSSR count). The molecule has 2 aromatic rings. The molecular formula is C19H22N2O3. The molecule has 2 aromatic carbocycles. The van der Waals surface area contributed by atoms with Crippen LogP contribution < -0.4 is 15.6 Å². The number of nitrogens with one attached hydrogen (secondary N) is 2. The summed E-state index contributed by atoms with van der Waals surface area (Å²) in [5.41, 5.74) is 7.59. The molecule has 0 unspecified atom stereocenters. The Labute approximate surface area is 142 Å². The van der Waals surface area contributed by atoms with Crippen molar-refractivity contribution in [1.29, 1.82) is 0 Å². The SMILES string of the molecule is CCc1ccc(C(=O)NNC(=O)CCOc2ccc(C)cc2)cc1. The Kier molecular flexibility index (Phi) is 6.37. The summed E-state index contributed by atoms with van der Waals surface area (Å²) in [6.45, 7) is 4.29. The number of benzene rings is 2. The highest BCUT2D eigenvalue weighted by atomic mass is 16.5. The van der Waals surface area contributed by atoms with Crippen LogP contribution in [0.15, 0.2) is 48.5 Å². The standard InChI is InChI=1S/C19H22N2O3/c1-3-15-6-8-16(9-7-15)19(23)21-20-18(22)12-13-24-17-10-4-14(2)5-11-17/h4-11H,3,12-13H2,1-2H3,(H,20,22)(H,21,23). The summed E-state index contributed by atoms with van der Waals surface area (Å²) >= 11 is 0. The lowest BCUT2D eigenvalue weighted by molar-refractivity contribution is -0.122. The molecule has 0 atom stereocenters. The first-order valence-electron chi connectivity index (χ1n) is 7.96. The number of rotatable bonds is 6. The zero-order valence-corrected chi connectivity index (χ0v) is 14.0. The second-order valence-electron chi connectivity index (χ2n) is 5.46. The van der Waals surface area contributed by atoms with Gasteiger partial charge in [-0.15, -0.1) is 0 Å². The van der Waals surface area contributed by atoms with Gasteiger partial charge in [0.1, 0.15) is 5.75 Å². The van der Waals surface area contributed by atoms with E-state index in [-0.39, 0.29) is 24.8 Å². The molecular weight excluding hydrogens is 304 g/mol. The van der Waals surface area contributed by atoms with Crippen LogP contribution in [0.2, 0.25) is 0 Å². The lowest BCUT2D eigenvalue weighted by atomic mass is 10.1. The molecule has 0 saturated heterocycles. The third-order valence-corrected chi connectivity index (χ3v) is 3.56. The predicted molar refractivity (Wildman–Crippen MR) is 92.7 cm³/mol. The Morgan fingerprint density at radius 3 is 2.25 bits per heavy atom. The van der Waals surface area contributed by atoms with E-state index in [1.807, 2.05) is 50.2 Å². The molecule has 5 heteroatoms. The second kappa shape index (κ2) is 8.72. The summed E-state index contributed by atoms with van der Waals surface area (Å²) < 4.78 is 5.48. The minimum atomic E-state index is -0.342. The van der Waals surface area contributed by atoms with Gasteiger partial charge in [0.2, 0.25) is 5.91 Å². The highest BCUT2D eigenvalue weighted by molar-refractivity contribution is 5.95. The van der Waals surface area contributed by atoms with Crippen molar-refractivity contribution >= 4 is 11.8 Å². The normalized spacial score (nSPS) is 10.1. The van der Waals surface area contributed by atoms with Gasteiger partial charge in [-0.05, 0) is 43.2 Å². The fourth-order valence-corrected chi connectivity index (χ4v) is 2.05. The van der Waals surface area contributed by atoms with E-state index in [0.29, 0.717) is 11.3 Å². The van der Waals surface area contributed by atoms with E-state index in [2.05, 4.69) is 10.9 Å². The highest BCUT2D eigenvalue weighted by Gasteiger charge is 2.07. The van der Waals surface area contributed by atoms with Crippen LogP contribution in [0.5, 0.6) is 5.75 Å². The van der Waals surface area contributed by atoms with Crippen molar-refractivity contribution in [2.24, 2.45) is 0 Å². The molecule has 0 radical (unpaired) electrons. The van der Waals surface area contributed by atoms with Crippen LogP contribution in [0.25, 0.3) is 0 Å². The van der Waals surface area contributed by atoms with Gasteiger partial charge >= 0.3 is 0 Å². The van der Waals surface area contributed by atoms with E-state index in [9.17, 15) is 9.59 Å². The van der Waals surface area contributed by atoms with Crippen molar-refractivity contribution in [2.45, 2.75) is 26.7 Å². The van der Waals surface area contributed by atoms with E-state index in [1.165, 1.54) is 0 Å². The monoisotopic (exact) mass is 326 g/mol. The largest absolute Gasteiger partial charge is 0.493 e. The van der Waals surface area contributed by atoms with Crippen LogP contribution in [-0.4, -0.2) is 18.4 Å². The number of hydrazine groups is 1. The Balaban J connectivity index is 1.70. The summed E-state index contributed by atoms with van der Waals surface area (Å²) in [6.07, 6.45) is 1.07. The van der Waals surface area contributed by atoms with Crippen molar-refractivity contribution in [2.75, 3.05) is 6.61 Å². The number of aryl methyl sites for hydroxylation is 2. The molecule has 0 heterocycles. The first-order chi connectivity index (χ1) is 11.6. The fraction of sp³-hybridized carbons (Fsp3) is 0.263. The Morgan fingerprint density at radius 2 is 1.62 bits per heavy atom. The predicted octanol–water partition coefficient (Wildman–Crippen LogP) is 2.79. The molecule has 0 fully saturated rings. The summed E-state index contributed by atoms with van der Waals surface area (Å²) in [5, 5.41) is 0. The first kappa shape index (κ1) is 17.5. The van der Waals surface area contributed by atoms with Crippen molar-refractivity contribution < 1.29 is 14.3 Å². The van der Waals surface area contributed by atoms with Crippen molar-refractivity contribution in [3.05, 3.63) is 65.2 Å². The molecule has 0 aliphatic heterocycles. The maximum atomic E-state index is 11.9. The summed E-state index contributed by atoms with van der Waals surface area (Å²) in [6, 6.07) is 14.9. The van der Waals surface area contributed by atoms with E-state index < -0.39 is 0 Å². The average molecular weight is 326 g/mol. The average Bonchev–Trinajstić information content (AvgIpc) is 2.61. The minimum Gasteiger partial charge on any atom is -0.493 e. The molecule has 2 amide bonds. The van der Waals surface area contributed by atoms with E-state index in [0.717, 1.165) is 17.5 Å². The molecule has 126 valence electrons. The number of hydrogen-bond donors (Lipinski definition) is 2. The van der Waals surface area contributed by atoms with Crippen molar-refractivity contribution in [3.63, 3.8) is 0 Å². The number of hydrogen-bond acceptors (Lipinski definition) is 3. The molecule has 0 bridgehead atoms. The Bertz CT molecular complexity index is 679. The van der Waals surface area contributed by atoms with Gasteiger partial charge in [0.15, 0.2) is 0 Å². The van der Waals surface area contributed by atoms with Gasteiger partial charge in [0.05, 0.1) is 13.0 Å². The molecule has 0 saturated carbocycles. The van der Waals surface area contributed by atoms with Crippen LogP contribution in [0, 0.1) is 6.92 Å². The van der Waals surface area contributed by atoms with Gasteiger partial charge in [-0.3, -0.25) is 20.4 Å². The molecule has 2 N–H and O–H groups in total. The third kappa shape index (κ3) is 5.43. The van der Waals surface area contributed by atoms with E-state index in [4.69, 9.17) is 4.74 Å². The van der Waals surface area contributed by atoms with Crippen LogP contribution in [0.1, 0.15) is 34.8 Å². The number of ether oxygens (including phenoxy) is 1. The fourth-order valence-electron chi connectivity index (χ4n) is 2.05. The van der Waals surface area contributed by atoms with Crippen molar-refractivity contribution in [3.8, 4) is 5.75 Å². The Hall–Kier alpha value is -2.82. The Morgan fingerprint density at radius 1 is 0.958 bits per heavy atom. The van der Waals surface area contributed by atoms with Gasteiger partial charge in [0, 0.05) is 5.56 Å². The topological polar surface area (TPSA) is 67.4 Å². The van der Waals surface area contributed by atoms with Gasteiger partial charge in [-0.2, -0.15) is 0 Å². The highest BCUT2D eigenvalue weighted by Crippen LogP contribution is 2.11. The van der Waals surface area contributed by atoms with Gasteiger partial charge in [-0.1, -0.05) is 36.8 Å².